The van der Waals surface area contributed by atoms with Gasteiger partial charge in [-0.25, -0.2) is 9.97 Å². The summed E-state index contributed by atoms with van der Waals surface area (Å²) in [4.78, 5) is 51.9. The quantitative estimate of drug-likeness (QED) is 0.765. The van der Waals surface area contributed by atoms with Crippen molar-refractivity contribution in [3.8, 4) is 0 Å². The van der Waals surface area contributed by atoms with Crippen molar-refractivity contribution in [3.63, 3.8) is 0 Å². The van der Waals surface area contributed by atoms with Gasteiger partial charge in [0.15, 0.2) is 5.82 Å². The summed E-state index contributed by atoms with van der Waals surface area (Å²) in [6.07, 6.45) is 5.70. The van der Waals surface area contributed by atoms with Crippen LogP contribution in [0.15, 0.2) is 6.20 Å². The number of aromatic nitrogens is 2. The molecule has 0 aromatic carbocycles. The Morgan fingerprint density at radius 3 is 2.79 bits per heavy atom. The SMILES string of the molecule is CCN1C[C@@H](C(=O)N2CCCC[C@H]2c2ncc3c(n2)CCN(C(C)=O)C3)CC1=O. The van der Waals surface area contributed by atoms with Crippen LogP contribution in [0.1, 0.15) is 62.7 Å². The number of likely N-dealkylation sites (tertiary alicyclic amines) is 2. The van der Waals surface area contributed by atoms with Crippen LogP contribution in [0.4, 0.5) is 0 Å². The van der Waals surface area contributed by atoms with Gasteiger partial charge in [-0.2, -0.15) is 0 Å². The van der Waals surface area contributed by atoms with Gasteiger partial charge in [-0.15, -0.1) is 0 Å². The van der Waals surface area contributed by atoms with E-state index in [2.05, 4.69) is 4.98 Å². The fourth-order valence-electron chi connectivity index (χ4n) is 4.70. The van der Waals surface area contributed by atoms with Gasteiger partial charge in [-0.1, -0.05) is 0 Å². The van der Waals surface area contributed by atoms with Crippen LogP contribution in [0.5, 0.6) is 0 Å². The summed E-state index contributed by atoms with van der Waals surface area (Å²) < 4.78 is 0. The highest BCUT2D eigenvalue weighted by atomic mass is 16.2. The van der Waals surface area contributed by atoms with E-state index in [1.807, 2.05) is 18.0 Å². The highest BCUT2D eigenvalue weighted by molar-refractivity contribution is 5.89. The monoisotopic (exact) mass is 399 g/mol. The van der Waals surface area contributed by atoms with Gasteiger partial charge in [0.1, 0.15) is 0 Å². The van der Waals surface area contributed by atoms with E-state index >= 15 is 0 Å². The van der Waals surface area contributed by atoms with Crippen LogP contribution < -0.4 is 0 Å². The number of rotatable bonds is 3. The molecule has 1 aromatic rings. The minimum Gasteiger partial charge on any atom is -0.342 e. The third-order valence-electron chi connectivity index (χ3n) is 6.43. The Morgan fingerprint density at radius 1 is 1.24 bits per heavy atom. The first-order valence-electron chi connectivity index (χ1n) is 10.7. The topological polar surface area (TPSA) is 86.7 Å². The first-order chi connectivity index (χ1) is 14.0. The molecular weight excluding hydrogens is 370 g/mol. The number of fused-ring (bicyclic) bond motifs is 1. The molecule has 3 aliphatic rings. The van der Waals surface area contributed by atoms with Crippen LogP contribution in [0.3, 0.4) is 0 Å². The van der Waals surface area contributed by atoms with E-state index in [4.69, 9.17) is 4.98 Å². The molecule has 2 atom stereocenters. The fourth-order valence-corrected chi connectivity index (χ4v) is 4.70. The molecule has 0 bridgehead atoms. The van der Waals surface area contributed by atoms with Crippen molar-refractivity contribution in [1.82, 2.24) is 24.7 Å². The Hall–Kier alpha value is -2.51. The molecule has 4 heterocycles. The molecule has 2 fully saturated rings. The maximum absolute atomic E-state index is 13.2. The molecule has 2 saturated heterocycles. The molecule has 0 radical (unpaired) electrons. The Kier molecular flexibility index (Phi) is 5.52. The normalized spacial score (nSPS) is 24.6. The van der Waals surface area contributed by atoms with E-state index in [0.29, 0.717) is 51.4 Å². The van der Waals surface area contributed by atoms with Gasteiger partial charge in [-0.05, 0) is 26.2 Å². The zero-order valence-electron chi connectivity index (χ0n) is 17.3. The molecule has 8 heteroatoms. The van der Waals surface area contributed by atoms with Crippen LogP contribution in [0.2, 0.25) is 0 Å². The Bertz CT molecular complexity index is 827. The molecule has 8 nitrogen and oxygen atoms in total. The number of carbonyl (C=O) groups excluding carboxylic acids is 3. The molecular formula is C21H29N5O3. The number of hydrogen-bond donors (Lipinski definition) is 0. The lowest BCUT2D eigenvalue weighted by Crippen LogP contribution is -2.43. The summed E-state index contributed by atoms with van der Waals surface area (Å²) in [6, 6.07) is -0.127. The first kappa shape index (κ1) is 19.8. The summed E-state index contributed by atoms with van der Waals surface area (Å²) >= 11 is 0. The highest BCUT2D eigenvalue weighted by Crippen LogP contribution is 2.33. The fraction of sp³-hybridized carbons (Fsp3) is 0.667. The molecule has 0 aliphatic carbocycles. The molecule has 0 N–H and O–H groups in total. The van der Waals surface area contributed by atoms with Crippen molar-refractivity contribution in [2.45, 2.75) is 58.5 Å². The molecule has 1 aromatic heterocycles. The van der Waals surface area contributed by atoms with Crippen LogP contribution in [0.25, 0.3) is 0 Å². The second-order valence-corrected chi connectivity index (χ2v) is 8.27. The zero-order valence-corrected chi connectivity index (χ0v) is 17.3. The van der Waals surface area contributed by atoms with E-state index in [1.165, 1.54) is 0 Å². The molecule has 4 rings (SSSR count). The largest absolute Gasteiger partial charge is 0.342 e. The summed E-state index contributed by atoms with van der Waals surface area (Å²) in [7, 11) is 0. The second-order valence-electron chi connectivity index (χ2n) is 8.27. The average molecular weight is 399 g/mol. The van der Waals surface area contributed by atoms with Crippen molar-refractivity contribution in [2.75, 3.05) is 26.2 Å². The molecule has 0 saturated carbocycles. The Morgan fingerprint density at radius 2 is 2.07 bits per heavy atom. The summed E-state index contributed by atoms with van der Waals surface area (Å²) in [5.41, 5.74) is 1.97. The van der Waals surface area contributed by atoms with E-state index in [0.717, 1.165) is 30.5 Å². The number of carbonyl (C=O) groups is 3. The minimum atomic E-state index is -0.259. The van der Waals surface area contributed by atoms with Crippen molar-refractivity contribution in [1.29, 1.82) is 0 Å². The van der Waals surface area contributed by atoms with Gasteiger partial charge >= 0.3 is 0 Å². The van der Waals surface area contributed by atoms with Crippen LogP contribution in [0, 0.1) is 5.92 Å². The maximum atomic E-state index is 13.2. The lowest BCUT2D eigenvalue weighted by Gasteiger charge is -2.37. The average Bonchev–Trinajstić information content (AvgIpc) is 3.13. The van der Waals surface area contributed by atoms with E-state index in [1.54, 1.807) is 16.7 Å². The standard InChI is InChI=1S/C21H29N5O3/c1-3-24-12-15(10-19(24)28)21(29)26-8-5-4-6-18(26)20-22-11-16-13-25(14(2)27)9-7-17(16)23-20/h11,15,18H,3-10,12-13H2,1-2H3/t15-,18-/m0/s1. The van der Waals surface area contributed by atoms with Gasteiger partial charge in [0.25, 0.3) is 0 Å². The van der Waals surface area contributed by atoms with Crippen molar-refractivity contribution in [2.24, 2.45) is 5.92 Å². The summed E-state index contributed by atoms with van der Waals surface area (Å²) in [5.74, 6) is 0.633. The second kappa shape index (κ2) is 8.08. The van der Waals surface area contributed by atoms with E-state index in [-0.39, 0.29) is 29.7 Å². The predicted octanol–water partition coefficient (Wildman–Crippen LogP) is 1.30. The van der Waals surface area contributed by atoms with Gasteiger partial charge in [0, 0.05) is 64.2 Å². The lowest BCUT2D eigenvalue weighted by atomic mass is 9.97. The Balaban J connectivity index is 1.53. The zero-order chi connectivity index (χ0) is 20.5. The molecule has 3 aliphatic heterocycles. The number of hydrogen-bond acceptors (Lipinski definition) is 5. The first-order valence-corrected chi connectivity index (χ1v) is 10.7. The summed E-state index contributed by atoms with van der Waals surface area (Å²) in [5, 5.41) is 0. The molecule has 0 spiro atoms. The molecule has 0 unspecified atom stereocenters. The third-order valence-corrected chi connectivity index (χ3v) is 6.43. The van der Waals surface area contributed by atoms with Crippen molar-refractivity contribution in [3.05, 3.63) is 23.3 Å². The predicted molar refractivity (Wildman–Crippen MR) is 105 cm³/mol. The number of piperidine rings is 1. The third kappa shape index (κ3) is 3.84. The molecule has 156 valence electrons. The van der Waals surface area contributed by atoms with Crippen molar-refractivity contribution < 1.29 is 14.4 Å². The molecule has 29 heavy (non-hydrogen) atoms. The Labute approximate surface area is 171 Å². The maximum Gasteiger partial charge on any atom is 0.228 e. The highest BCUT2D eigenvalue weighted by Gasteiger charge is 2.39. The number of amides is 3. The van der Waals surface area contributed by atoms with E-state index in [9.17, 15) is 14.4 Å². The smallest absolute Gasteiger partial charge is 0.228 e. The molecule has 3 amide bonds. The number of nitrogens with zero attached hydrogens (tertiary/aromatic N) is 5. The van der Waals surface area contributed by atoms with Crippen LogP contribution in [-0.4, -0.2) is 68.6 Å². The van der Waals surface area contributed by atoms with Crippen molar-refractivity contribution >= 4 is 17.7 Å². The van der Waals surface area contributed by atoms with Gasteiger partial charge in [0.05, 0.1) is 17.7 Å². The minimum absolute atomic E-state index is 0.0584. The van der Waals surface area contributed by atoms with Gasteiger partial charge in [0.2, 0.25) is 17.7 Å². The summed E-state index contributed by atoms with van der Waals surface area (Å²) in [6.45, 7) is 6.61. The van der Waals surface area contributed by atoms with Crippen LogP contribution in [-0.2, 0) is 27.3 Å². The van der Waals surface area contributed by atoms with Crippen LogP contribution >= 0.6 is 0 Å². The van der Waals surface area contributed by atoms with Gasteiger partial charge in [-0.3, -0.25) is 14.4 Å². The lowest BCUT2D eigenvalue weighted by molar-refractivity contribution is -0.139. The van der Waals surface area contributed by atoms with E-state index < -0.39 is 0 Å². The van der Waals surface area contributed by atoms with Gasteiger partial charge < -0.3 is 14.7 Å².